The summed E-state index contributed by atoms with van der Waals surface area (Å²) < 4.78 is 0. The largest absolute Gasteiger partial charge is 0.481 e. The molecule has 3 N–H and O–H groups in total. The van der Waals surface area contributed by atoms with Gasteiger partial charge in [-0.15, -0.1) is 0 Å². The van der Waals surface area contributed by atoms with Crippen LogP contribution in [0, 0.1) is 17.8 Å². The minimum Gasteiger partial charge on any atom is -0.481 e. The second-order valence-corrected chi connectivity index (χ2v) is 4.54. The highest BCUT2D eigenvalue weighted by molar-refractivity contribution is 5.66. The van der Waals surface area contributed by atoms with Crippen molar-refractivity contribution < 1.29 is 9.90 Å². The molecule has 1 saturated carbocycles. The Labute approximate surface area is 84.0 Å². The highest BCUT2D eigenvalue weighted by Gasteiger charge is 2.38. The number of aliphatic carboxylic acids is 1. The minimum atomic E-state index is -0.737. The minimum absolute atomic E-state index is 0.0750. The Balaban J connectivity index is 1.84. The molecule has 1 fully saturated rings. The molecule has 14 heavy (non-hydrogen) atoms. The quantitative estimate of drug-likeness (QED) is 0.666. The maximum absolute atomic E-state index is 10.4. The first-order valence-corrected chi connectivity index (χ1v) is 5.32. The van der Waals surface area contributed by atoms with Crippen LogP contribution in [0.1, 0.15) is 25.7 Å². The maximum Gasteiger partial charge on any atom is 0.303 e. The van der Waals surface area contributed by atoms with Gasteiger partial charge in [0.2, 0.25) is 0 Å². The fourth-order valence-electron chi connectivity index (χ4n) is 2.82. The van der Waals surface area contributed by atoms with E-state index in [0.717, 1.165) is 5.92 Å². The molecule has 0 aromatic carbocycles. The number of fused-ring (bicyclic) bond motifs is 2. The first kappa shape index (κ1) is 9.71. The number of allylic oxidation sites excluding steroid dienone is 2. The van der Waals surface area contributed by atoms with Gasteiger partial charge < -0.3 is 10.8 Å². The first-order valence-electron chi connectivity index (χ1n) is 5.32. The van der Waals surface area contributed by atoms with Gasteiger partial charge in [0.1, 0.15) is 0 Å². The van der Waals surface area contributed by atoms with E-state index in [4.69, 9.17) is 10.8 Å². The van der Waals surface area contributed by atoms with Gasteiger partial charge in [-0.3, -0.25) is 4.79 Å². The number of hydrogen-bond acceptors (Lipinski definition) is 2. The number of hydrogen-bond donors (Lipinski definition) is 2. The van der Waals surface area contributed by atoms with E-state index >= 15 is 0 Å². The molecule has 0 heterocycles. The lowest BCUT2D eigenvalue weighted by molar-refractivity contribution is -0.137. The summed E-state index contributed by atoms with van der Waals surface area (Å²) in [6.07, 6.45) is 7.79. The van der Waals surface area contributed by atoms with Crippen molar-refractivity contribution in [3.05, 3.63) is 12.2 Å². The molecule has 0 aliphatic heterocycles. The molecule has 78 valence electrons. The summed E-state index contributed by atoms with van der Waals surface area (Å²) in [5, 5.41) is 8.57. The van der Waals surface area contributed by atoms with Gasteiger partial charge in [-0.25, -0.2) is 0 Å². The lowest BCUT2D eigenvalue weighted by Gasteiger charge is -2.24. The van der Waals surface area contributed by atoms with E-state index in [0.29, 0.717) is 18.3 Å². The van der Waals surface area contributed by atoms with Gasteiger partial charge >= 0.3 is 5.97 Å². The molecule has 0 radical (unpaired) electrons. The molecule has 2 aliphatic carbocycles. The fourth-order valence-corrected chi connectivity index (χ4v) is 2.82. The Kier molecular flexibility index (Phi) is 2.59. The van der Waals surface area contributed by atoms with Crippen molar-refractivity contribution in [2.75, 3.05) is 0 Å². The lowest BCUT2D eigenvalue weighted by Crippen LogP contribution is -2.33. The maximum atomic E-state index is 10.4. The van der Waals surface area contributed by atoms with Crippen LogP contribution >= 0.6 is 0 Å². The van der Waals surface area contributed by atoms with Gasteiger partial charge in [0.05, 0.1) is 0 Å². The van der Waals surface area contributed by atoms with E-state index in [1.54, 1.807) is 0 Å². The Morgan fingerprint density at radius 2 is 2.29 bits per heavy atom. The molecule has 2 rings (SSSR count). The average Bonchev–Trinajstić information content (AvgIpc) is 2.74. The van der Waals surface area contributed by atoms with E-state index in [1.165, 1.54) is 12.8 Å². The van der Waals surface area contributed by atoms with Crippen LogP contribution in [0.15, 0.2) is 12.2 Å². The topological polar surface area (TPSA) is 63.3 Å². The summed E-state index contributed by atoms with van der Waals surface area (Å²) in [6, 6.07) is 0.0750. The molecule has 4 atom stereocenters. The zero-order valence-electron chi connectivity index (χ0n) is 8.23. The van der Waals surface area contributed by atoms with E-state index in [-0.39, 0.29) is 12.5 Å². The van der Waals surface area contributed by atoms with Gasteiger partial charge in [-0.1, -0.05) is 12.2 Å². The molecule has 0 aromatic rings. The van der Waals surface area contributed by atoms with Crippen LogP contribution in [0.3, 0.4) is 0 Å². The summed E-state index contributed by atoms with van der Waals surface area (Å²) in [6.45, 7) is 0. The van der Waals surface area contributed by atoms with E-state index in [2.05, 4.69) is 12.2 Å². The molecule has 4 unspecified atom stereocenters. The Bertz CT molecular complexity index is 262. The summed E-state index contributed by atoms with van der Waals surface area (Å²) in [4.78, 5) is 10.4. The van der Waals surface area contributed by atoms with Gasteiger partial charge in [-0.05, 0) is 37.0 Å². The smallest absolute Gasteiger partial charge is 0.303 e. The van der Waals surface area contributed by atoms with Crippen molar-refractivity contribution in [1.29, 1.82) is 0 Å². The van der Waals surface area contributed by atoms with E-state index < -0.39 is 5.97 Å². The van der Waals surface area contributed by atoms with Crippen LogP contribution in [0.5, 0.6) is 0 Å². The number of nitrogens with two attached hydrogens (primary N) is 1. The molecule has 0 saturated heterocycles. The number of rotatable bonds is 4. The van der Waals surface area contributed by atoms with Gasteiger partial charge in [-0.2, -0.15) is 0 Å². The highest BCUT2D eigenvalue weighted by Crippen LogP contribution is 2.45. The Morgan fingerprint density at radius 1 is 1.50 bits per heavy atom. The molecule has 0 aromatic heterocycles. The van der Waals surface area contributed by atoms with Crippen molar-refractivity contribution in [3.63, 3.8) is 0 Å². The number of carboxylic acid groups (broad SMARTS) is 1. The zero-order chi connectivity index (χ0) is 10.1. The van der Waals surface area contributed by atoms with Crippen molar-refractivity contribution in [2.24, 2.45) is 23.5 Å². The third-order valence-electron chi connectivity index (χ3n) is 3.57. The number of carbonyl (C=O) groups is 1. The number of carboxylic acids is 1. The normalized spacial score (nSPS) is 36.2. The van der Waals surface area contributed by atoms with Crippen molar-refractivity contribution in [1.82, 2.24) is 0 Å². The molecule has 2 aliphatic rings. The summed E-state index contributed by atoms with van der Waals surface area (Å²) in [5.41, 5.74) is 6.02. The zero-order valence-corrected chi connectivity index (χ0v) is 8.23. The van der Waals surface area contributed by atoms with Crippen molar-refractivity contribution in [3.8, 4) is 0 Å². The van der Waals surface area contributed by atoms with Crippen LogP contribution < -0.4 is 5.73 Å². The van der Waals surface area contributed by atoms with Crippen LogP contribution in [-0.4, -0.2) is 17.1 Å². The summed E-state index contributed by atoms with van der Waals surface area (Å²) in [7, 11) is 0. The highest BCUT2D eigenvalue weighted by atomic mass is 16.4. The van der Waals surface area contributed by atoms with Crippen LogP contribution in [0.4, 0.5) is 0 Å². The molecular weight excluding hydrogens is 178 g/mol. The molecule has 0 amide bonds. The second kappa shape index (κ2) is 3.73. The van der Waals surface area contributed by atoms with Gasteiger partial charge in [0.15, 0.2) is 0 Å². The molecule has 2 bridgehead atoms. The molecule has 0 spiro atoms. The average molecular weight is 195 g/mol. The van der Waals surface area contributed by atoms with Crippen LogP contribution in [0.2, 0.25) is 0 Å². The summed E-state index contributed by atoms with van der Waals surface area (Å²) >= 11 is 0. The van der Waals surface area contributed by atoms with E-state index in [1.807, 2.05) is 0 Å². The Hall–Kier alpha value is -0.830. The van der Waals surface area contributed by atoms with Gasteiger partial charge in [0, 0.05) is 12.5 Å². The molecule has 3 heteroatoms. The van der Waals surface area contributed by atoms with E-state index in [9.17, 15) is 4.79 Å². The Morgan fingerprint density at radius 3 is 2.79 bits per heavy atom. The third kappa shape index (κ3) is 1.82. The fraction of sp³-hybridized carbons (Fsp3) is 0.727. The first-order chi connectivity index (χ1) is 6.66. The monoisotopic (exact) mass is 195 g/mol. The van der Waals surface area contributed by atoms with Crippen LogP contribution in [0.25, 0.3) is 0 Å². The molecular formula is C11H17NO2. The molecule has 3 nitrogen and oxygen atoms in total. The predicted molar refractivity (Wildman–Crippen MR) is 53.7 cm³/mol. The predicted octanol–water partition coefficient (Wildman–Crippen LogP) is 1.39. The van der Waals surface area contributed by atoms with Crippen LogP contribution in [-0.2, 0) is 4.79 Å². The SMILES string of the molecule is NC(CCC(=O)O)C1CC2C=CC1C2. The summed E-state index contributed by atoms with van der Waals surface area (Å²) in [5.74, 6) is 1.15. The van der Waals surface area contributed by atoms with Gasteiger partial charge in [0.25, 0.3) is 0 Å². The third-order valence-corrected chi connectivity index (χ3v) is 3.57. The second-order valence-electron chi connectivity index (χ2n) is 4.54. The van der Waals surface area contributed by atoms with Crippen molar-refractivity contribution >= 4 is 5.97 Å². The standard InChI is InChI=1S/C11H17NO2/c12-10(3-4-11(13)14)9-6-7-1-2-8(9)5-7/h1-2,7-10H,3-6,12H2,(H,13,14). The van der Waals surface area contributed by atoms with Crippen molar-refractivity contribution in [2.45, 2.75) is 31.7 Å². The lowest BCUT2D eigenvalue weighted by atomic mass is 9.85.